The first-order valence-corrected chi connectivity index (χ1v) is 10.6. The van der Waals surface area contributed by atoms with E-state index >= 15 is 0 Å². The van der Waals surface area contributed by atoms with E-state index < -0.39 is 5.91 Å². The zero-order valence-electron chi connectivity index (χ0n) is 14.8. The molecule has 0 aliphatic heterocycles. The first-order valence-electron chi connectivity index (χ1n) is 8.96. The van der Waals surface area contributed by atoms with E-state index in [1.54, 1.807) is 0 Å². The Balaban J connectivity index is 1.78. The minimum Gasteiger partial charge on any atom is -0.365 e. The molecule has 3 N–H and O–H groups in total. The molecule has 0 saturated carbocycles. The molecule has 26 heavy (non-hydrogen) atoms. The number of amides is 2. The molecule has 0 radical (unpaired) electrons. The van der Waals surface area contributed by atoms with Crippen molar-refractivity contribution in [1.82, 2.24) is 0 Å². The van der Waals surface area contributed by atoms with Gasteiger partial charge in [-0.2, -0.15) is 0 Å². The summed E-state index contributed by atoms with van der Waals surface area (Å²) in [6, 6.07) is 7.64. The van der Waals surface area contributed by atoms with Crippen molar-refractivity contribution in [2.24, 2.45) is 11.7 Å². The van der Waals surface area contributed by atoms with Gasteiger partial charge >= 0.3 is 0 Å². The normalized spacial score (nSPS) is 16.2. The number of hydrogen-bond acceptors (Lipinski definition) is 3. The molecule has 1 heterocycles. The maximum absolute atomic E-state index is 12.5. The van der Waals surface area contributed by atoms with E-state index in [1.165, 1.54) is 29.1 Å². The molecule has 0 unspecified atom stereocenters. The summed E-state index contributed by atoms with van der Waals surface area (Å²) in [4.78, 5) is 25.7. The lowest BCUT2D eigenvalue weighted by atomic mass is 9.84. The summed E-state index contributed by atoms with van der Waals surface area (Å²) in [6.45, 7) is 2.20. The van der Waals surface area contributed by atoms with E-state index in [9.17, 15) is 9.59 Å². The van der Waals surface area contributed by atoms with Gasteiger partial charge in [-0.25, -0.2) is 0 Å². The molecular weight excluding hydrogens is 412 g/mol. The molecule has 0 fully saturated rings. The van der Waals surface area contributed by atoms with Gasteiger partial charge in [-0.3, -0.25) is 9.59 Å². The van der Waals surface area contributed by atoms with Crippen molar-refractivity contribution in [3.63, 3.8) is 0 Å². The molecule has 138 valence electrons. The Kier molecular flexibility index (Phi) is 6.14. The van der Waals surface area contributed by atoms with Gasteiger partial charge in [-0.1, -0.05) is 47.8 Å². The number of nitrogens with one attached hydrogen (secondary N) is 1. The maximum Gasteiger partial charge on any atom is 0.251 e. The fraction of sp³-hybridized carbons (Fsp3) is 0.400. The Labute approximate surface area is 166 Å². The van der Waals surface area contributed by atoms with Gasteiger partial charge in [0.2, 0.25) is 5.91 Å². The summed E-state index contributed by atoms with van der Waals surface area (Å²) < 4.78 is 0.977. The molecule has 4 nitrogen and oxygen atoms in total. The average molecular weight is 435 g/mol. The van der Waals surface area contributed by atoms with Crippen molar-refractivity contribution in [3.05, 3.63) is 50.3 Å². The monoisotopic (exact) mass is 434 g/mol. The second-order valence-electron chi connectivity index (χ2n) is 6.82. The zero-order chi connectivity index (χ0) is 18.7. The number of rotatable bonds is 6. The Morgan fingerprint density at radius 1 is 1.31 bits per heavy atom. The van der Waals surface area contributed by atoms with E-state index in [4.69, 9.17) is 5.73 Å². The molecule has 1 aliphatic rings. The van der Waals surface area contributed by atoms with Crippen LogP contribution in [0.3, 0.4) is 0 Å². The van der Waals surface area contributed by atoms with Gasteiger partial charge in [-0.05, 0) is 48.4 Å². The van der Waals surface area contributed by atoms with Crippen molar-refractivity contribution in [2.75, 3.05) is 5.32 Å². The number of carbonyl (C=O) groups is 2. The first-order chi connectivity index (χ1) is 12.5. The number of primary amides is 1. The number of thiophene rings is 1. The van der Waals surface area contributed by atoms with Crippen molar-refractivity contribution in [3.8, 4) is 0 Å². The molecule has 2 aromatic rings. The van der Waals surface area contributed by atoms with Gasteiger partial charge in [0.15, 0.2) is 0 Å². The molecule has 1 aromatic carbocycles. The van der Waals surface area contributed by atoms with Crippen LogP contribution < -0.4 is 11.1 Å². The van der Waals surface area contributed by atoms with E-state index in [1.807, 2.05) is 24.3 Å². The fourth-order valence-electron chi connectivity index (χ4n) is 3.62. The Hall–Kier alpha value is -1.66. The van der Waals surface area contributed by atoms with Crippen LogP contribution in [0.25, 0.3) is 0 Å². The summed E-state index contributed by atoms with van der Waals surface area (Å²) in [5.74, 6) is 0.0899. The Bertz CT molecular complexity index is 814. The zero-order valence-corrected chi connectivity index (χ0v) is 17.2. The number of anilines is 1. The van der Waals surface area contributed by atoms with Crippen LogP contribution in [0.1, 0.15) is 52.5 Å². The van der Waals surface area contributed by atoms with Crippen LogP contribution in [0, 0.1) is 5.92 Å². The highest BCUT2D eigenvalue weighted by atomic mass is 79.9. The standard InChI is InChI=1S/C20H23BrN2O2S/c1-2-3-12-6-9-15-16(10-12)26-20(18(15)19(22)25)23-17(24)11-13-4-7-14(21)8-5-13/h4-5,7-8,12H,2-3,6,9-11H2,1H3,(H2,22,25)(H,23,24)/t12-/m1/s1. The van der Waals surface area contributed by atoms with Crippen molar-refractivity contribution in [2.45, 2.75) is 45.4 Å². The van der Waals surface area contributed by atoms with Crippen molar-refractivity contribution in [1.29, 1.82) is 0 Å². The highest BCUT2D eigenvalue weighted by Gasteiger charge is 2.28. The molecule has 1 atom stereocenters. The second-order valence-corrected chi connectivity index (χ2v) is 8.84. The Morgan fingerprint density at radius 2 is 2.04 bits per heavy atom. The van der Waals surface area contributed by atoms with Crippen LogP contribution in [0.15, 0.2) is 28.7 Å². The van der Waals surface area contributed by atoms with Gasteiger partial charge in [0.1, 0.15) is 5.00 Å². The summed E-state index contributed by atoms with van der Waals surface area (Å²) in [5, 5.41) is 3.54. The predicted octanol–water partition coefficient (Wildman–Crippen LogP) is 4.70. The number of fused-ring (bicyclic) bond motifs is 1. The average Bonchev–Trinajstić information content (AvgIpc) is 2.94. The number of hydrogen-bond donors (Lipinski definition) is 2. The van der Waals surface area contributed by atoms with Crippen LogP contribution in [-0.4, -0.2) is 11.8 Å². The lowest BCUT2D eigenvalue weighted by Gasteiger charge is -2.21. The van der Waals surface area contributed by atoms with Crippen LogP contribution >= 0.6 is 27.3 Å². The van der Waals surface area contributed by atoms with Crippen molar-refractivity contribution >= 4 is 44.1 Å². The minimum absolute atomic E-state index is 0.126. The summed E-state index contributed by atoms with van der Waals surface area (Å²) in [6.07, 6.45) is 5.59. The maximum atomic E-state index is 12.5. The van der Waals surface area contributed by atoms with Crippen LogP contribution in [0.4, 0.5) is 5.00 Å². The highest BCUT2D eigenvalue weighted by molar-refractivity contribution is 9.10. The summed E-state index contributed by atoms with van der Waals surface area (Å²) in [7, 11) is 0. The largest absolute Gasteiger partial charge is 0.365 e. The SMILES string of the molecule is CCC[C@@H]1CCc2c(sc(NC(=O)Cc3ccc(Br)cc3)c2C(N)=O)C1. The van der Waals surface area contributed by atoms with Gasteiger partial charge in [0.05, 0.1) is 12.0 Å². The third kappa shape index (κ3) is 4.35. The molecule has 1 aliphatic carbocycles. The second kappa shape index (κ2) is 8.35. The highest BCUT2D eigenvalue weighted by Crippen LogP contribution is 2.40. The lowest BCUT2D eigenvalue weighted by Crippen LogP contribution is -2.20. The molecule has 1 aromatic heterocycles. The fourth-order valence-corrected chi connectivity index (χ4v) is 5.26. The van der Waals surface area contributed by atoms with E-state index in [-0.39, 0.29) is 12.3 Å². The van der Waals surface area contributed by atoms with Gasteiger partial charge in [0.25, 0.3) is 5.91 Å². The molecule has 0 saturated heterocycles. The van der Waals surface area contributed by atoms with E-state index in [0.29, 0.717) is 16.5 Å². The van der Waals surface area contributed by atoms with Gasteiger partial charge < -0.3 is 11.1 Å². The summed E-state index contributed by atoms with van der Waals surface area (Å²) in [5.41, 5.74) is 8.13. The number of benzene rings is 1. The van der Waals surface area contributed by atoms with Crippen LogP contribution in [-0.2, 0) is 24.1 Å². The number of halogens is 1. The third-order valence-corrected chi connectivity index (χ3v) is 6.54. The van der Waals surface area contributed by atoms with Crippen molar-refractivity contribution < 1.29 is 9.59 Å². The summed E-state index contributed by atoms with van der Waals surface area (Å²) >= 11 is 4.91. The third-order valence-electron chi connectivity index (χ3n) is 4.84. The lowest BCUT2D eigenvalue weighted by molar-refractivity contribution is -0.115. The Morgan fingerprint density at radius 3 is 2.69 bits per heavy atom. The van der Waals surface area contributed by atoms with Gasteiger partial charge in [-0.15, -0.1) is 11.3 Å². The molecule has 2 amide bonds. The molecule has 0 bridgehead atoms. The van der Waals surface area contributed by atoms with E-state index in [2.05, 4.69) is 28.2 Å². The predicted molar refractivity (Wildman–Crippen MR) is 110 cm³/mol. The smallest absolute Gasteiger partial charge is 0.251 e. The molecule has 6 heteroatoms. The first kappa shape index (κ1) is 19.1. The van der Waals surface area contributed by atoms with Crippen LogP contribution in [0.5, 0.6) is 0 Å². The number of carbonyl (C=O) groups excluding carboxylic acids is 2. The topological polar surface area (TPSA) is 72.2 Å². The van der Waals surface area contributed by atoms with Gasteiger partial charge in [0, 0.05) is 9.35 Å². The van der Waals surface area contributed by atoms with Crippen LogP contribution in [0.2, 0.25) is 0 Å². The molecule has 3 rings (SSSR count). The van der Waals surface area contributed by atoms with E-state index in [0.717, 1.165) is 34.9 Å². The molecule has 0 spiro atoms. The minimum atomic E-state index is -0.449. The number of nitrogens with two attached hydrogens (primary N) is 1. The molecular formula is C20H23BrN2O2S. The quantitative estimate of drug-likeness (QED) is 0.691.